The van der Waals surface area contributed by atoms with Crippen molar-refractivity contribution in [3.63, 3.8) is 0 Å². The Labute approximate surface area is 188 Å². The SMILES string of the molecule is COc1ccc2cc(-c3nc([N+](C)(C)CCCN)c4ccccc4n3)oc2c1.Cl.Cl. The van der Waals surface area contributed by atoms with Crippen molar-refractivity contribution < 1.29 is 9.15 Å². The van der Waals surface area contributed by atoms with E-state index in [1.807, 2.05) is 42.5 Å². The number of hydrogen-bond acceptors (Lipinski definition) is 5. The molecule has 2 aromatic carbocycles. The first-order chi connectivity index (χ1) is 13.5. The number of nitrogens with two attached hydrogens (primary N) is 1. The first-order valence-electron chi connectivity index (χ1n) is 9.40. The highest BCUT2D eigenvalue weighted by atomic mass is 35.5. The molecule has 160 valence electrons. The molecule has 2 aromatic heterocycles. The number of para-hydroxylation sites is 1. The van der Waals surface area contributed by atoms with Gasteiger partial charge in [-0.25, -0.2) is 4.98 Å². The summed E-state index contributed by atoms with van der Waals surface area (Å²) >= 11 is 0. The lowest BCUT2D eigenvalue weighted by molar-refractivity contribution is 0.386. The van der Waals surface area contributed by atoms with Crippen molar-refractivity contribution in [3.8, 4) is 17.3 Å². The van der Waals surface area contributed by atoms with Gasteiger partial charge in [0.2, 0.25) is 11.6 Å². The summed E-state index contributed by atoms with van der Waals surface area (Å²) in [6.45, 7) is 1.55. The van der Waals surface area contributed by atoms with Crippen LogP contribution in [0.5, 0.6) is 5.75 Å². The number of rotatable bonds is 6. The monoisotopic (exact) mass is 449 g/mol. The maximum atomic E-state index is 6.06. The first kappa shape index (κ1) is 23.9. The van der Waals surface area contributed by atoms with Crippen LogP contribution in [-0.2, 0) is 0 Å². The largest absolute Gasteiger partial charge is 0.497 e. The summed E-state index contributed by atoms with van der Waals surface area (Å²) in [7, 11) is 5.94. The zero-order chi connectivity index (χ0) is 19.7. The number of fused-ring (bicyclic) bond motifs is 2. The lowest BCUT2D eigenvalue weighted by Crippen LogP contribution is -2.43. The number of hydrogen-bond donors (Lipinski definition) is 1. The second-order valence-electron chi connectivity index (χ2n) is 7.45. The predicted molar refractivity (Wildman–Crippen MR) is 128 cm³/mol. The molecular formula is C22H27Cl2N4O2+. The third kappa shape index (κ3) is 4.52. The van der Waals surface area contributed by atoms with Gasteiger partial charge in [-0.1, -0.05) is 12.1 Å². The molecule has 2 N–H and O–H groups in total. The molecule has 30 heavy (non-hydrogen) atoms. The number of benzene rings is 2. The fourth-order valence-corrected chi connectivity index (χ4v) is 3.47. The van der Waals surface area contributed by atoms with Crippen LogP contribution in [0.3, 0.4) is 0 Å². The van der Waals surface area contributed by atoms with Crippen LogP contribution >= 0.6 is 24.8 Å². The van der Waals surface area contributed by atoms with Gasteiger partial charge in [0.05, 0.1) is 38.7 Å². The van der Waals surface area contributed by atoms with Gasteiger partial charge in [0.1, 0.15) is 11.3 Å². The van der Waals surface area contributed by atoms with Crippen LogP contribution in [0, 0.1) is 0 Å². The Kier molecular flexibility index (Phi) is 7.66. The summed E-state index contributed by atoms with van der Waals surface area (Å²) in [6.07, 6.45) is 0.922. The van der Waals surface area contributed by atoms with E-state index < -0.39 is 0 Å². The normalized spacial score (nSPS) is 11.2. The van der Waals surface area contributed by atoms with Gasteiger partial charge in [-0.3, -0.25) is 4.48 Å². The van der Waals surface area contributed by atoms with Crippen molar-refractivity contribution >= 4 is 52.5 Å². The number of methoxy groups -OCH3 is 1. The number of quaternary nitrogens is 1. The van der Waals surface area contributed by atoms with Gasteiger partial charge < -0.3 is 14.9 Å². The van der Waals surface area contributed by atoms with Crippen LogP contribution in [0.4, 0.5) is 5.82 Å². The molecule has 4 aromatic rings. The van der Waals surface area contributed by atoms with E-state index in [-0.39, 0.29) is 24.8 Å². The van der Waals surface area contributed by atoms with E-state index in [4.69, 9.17) is 24.9 Å². The molecule has 8 heteroatoms. The molecule has 0 amide bonds. The summed E-state index contributed by atoms with van der Waals surface area (Å²) in [4.78, 5) is 9.70. The van der Waals surface area contributed by atoms with E-state index in [2.05, 4.69) is 20.2 Å². The molecular weight excluding hydrogens is 423 g/mol. The third-order valence-electron chi connectivity index (χ3n) is 5.03. The summed E-state index contributed by atoms with van der Waals surface area (Å²) < 4.78 is 12.0. The van der Waals surface area contributed by atoms with E-state index in [0.29, 0.717) is 22.6 Å². The highest BCUT2D eigenvalue weighted by molar-refractivity contribution is 5.90. The maximum absolute atomic E-state index is 6.06. The quantitative estimate of drug-likeness (QED) is 0.427. The highest BCUT2D eigenvalue weighted by Crippen LogP contribution is 2.33. The zero-order valence-electron chi connectivity index (χ0n) is 17.3. The molecule has 0 aliphatic rings. The molecule has 2 heterocycles. The molecule has 0 fully saturated rings. The van der Waals surface area contributed by atoms with Gasteiger partial charge in [-0.15, -0.1) is 24.8 Å². The molecule has 0 radical (unpaired) electrons. The zero-order valence-corrected chi connectivity index (χ0v) is 18.9. The minimum absolute atomic E-state index is 0. The Morgan fingerprint density at radius 3 is 2.53 bits per heavy atom. The number of nitrogens with zero attached hydrogens (tertiary/aromatic N) is 3. The van der Waals surface area contributed by atoms with Gasteiger partial charge in [-0.05, 0) is 36.9 Å². The Bertz CT molecular complexity index is 1140. The lowest BCUT2D eigenvalue weighted by Gasteiger charge is -2.28. The van der Waals surface area contributed by atoms with E-state index in [0.717, 1.165) is 46.4 Å². The minimum atomic E-state index is 0. The van der Waals surface area contributed by atoms with E-state index in [1.165, 1.54) is 0 Å². The second kappa shape index (κ2) is 9.62. The molecule has 0 bridgehead atoms. The first-order valence-corrected chi connectivity index (χ1v) is 9.40. The van der Waals surface area contributed by atoms with Gasteiger partial charge in [0, 0.05) is 17.9 Å². The van der Waals surface area contributed by atoms with Gasteiger partial charge in [0.15, 0.2) is 5.76 Å². The number of halogens is 2. The Morgan fingerprint density at radius 2 is 1.80 bits per heavy atom. The molecule has 4 rings (SSSR count). The van der Waals surface area contributed by atoms with Crippen molar-refractivity contribution in [2.75, 3.05) is 34.3 Å². The second-order valence-corrected chi connectivity index (χ2v) is 7.45. The molecule has 0 atom stereocenters. The van der Waals surface area contributed by atoms with Crippen LogP contribution in [-0.4, -0.2) is 44.3 Å². The number of furan rings is 1. The number of aromatic nitrogens is 2. The molecule has 0 saturated carbocycles. The summed E-state index contributed by atoms with van der Waals surface area (Å²) in [5.41, 5.74) is 7.40. The number of ether oxygens (including phenoxy) is 1. The molecule has 6 nitrogen and oxygen atoms in total. The molecule has 0 aliphatic heterocycles. The standard InChI is InChI=1S/C22H25N4O2.2ClH/c1-26(2,12-6-11-23)22-17-7-4-5-8-18(17)24-21(25-22)20-13-15-9-10-16(27-3)14-19(15)28-20;;/h4-5,7-10,13-14H,6,11-12,23H2,1-3H3;2*1H/q+1;;. The summed E-state index contributed by atoms with van der Waals surface area (Å²) in [5, 5.41) is 2.04. The topological polar surface area (TPSA) is 74.2 Å². The van der Waals surface area contributed by atoms with E-state index in [9.17, 15) is 0 Å². The van der Waals surface area contributed by atoms with Crippen LogP contribution < -0.4 is 15.0 Å². The Hall–Kier alpha value is -2.38. The van der Waals surface area contributed by atoms with Crippen molar-refractivity contribution in [1.82, 2.24) is 14.5 Å². The van der Waals surface area contributed by atoms with Gasteiger partial charge in [0.25, 0.3) is 0 Å². The molecule has 0 saturated heterocycles. The van der Waals surface area contributed by atoms with E-state index >= 15 is 0 Å². The van der Waals surface area contributed by atoms with Crippen LogP contribution in [0.1, 0.15) is 6.42 Å². The fourth-order valence-electron chi connectivity index (χ4n) is 3.47. The van der Waals surface area contributed by atoms with Gasteiger partial charge >= 0.3 is 0 Å². The third-order valence-corrected chi connectivity index (χ3v) is 5.03. The average Bonchev–Trinajstić information content (AvgIpc) is 3.14. The Balaban J connectivity index is 0.00000160. The van der Waals surface area contributed by atoms with Crippen molar-refractivity contribution in [2.45, 2.75) is 6.42 Å². The van der Waals surface area contributed by atoms with Crippen LogP contribution in [0.2, 0.25) is 0 Å². The molecule has 0 unspecified atom stereocenters. The van der Waals surface area contributed by atoms with Crippen LogP contribution in [0.25, 0.3) is 33.5 Å². The predicted octanol–water partition coefficient (Wildman–Crippen LogP) is 4.81. The minimum Gasteiger partial charge on any atom is -0.497 e. The van der Waals surface area contributed by atoms with Crippen LogP contribution in [0.15, 0.2) is 52.9 Å². The summed E-state index contributed by atoms with van der Waals surface area (Å²) in [5.74, 6) is 2.96. The highest BCUT2D eigenvalue weighted by Gasteiger charge is 2.26. The maximum Gasteiger partial charge on any atom is 0.238 e. The van der Waals surface area contributed by atoms with Crippen molar-refractivity contribution in [2.24, 2.45) is 5.73 Å². The van der Waals surface area contributed by atoms with Gasteiger partial charge in [-0.2, -0.15) is 4.98 Å². The smallest absolute Gasteiger partial charge is 0.238 e. The molecule has 0 spiro atoms. The van der Waals surface area contributed by atoms with Crippen molar-refractivity contribution in [1.29, 1.82) is 0 Å². The summed E-state index contributed by atoms with van der Waals surface area (Å²) in [6, 6.07) is 15.8. The fraction of sp³-hybridized carbons (Fsp3) is 0.273. The average molecular weight is 450 g/mol. The molecule has 0 aliphatic carbocycles. The Morgan fingerprint density at radius 1 is 1.03 bits per heavy atom. The van der Waals surface area contributed by atoms with Crippen molar-refractivity contribution in [3.05, 3.63) is 48.5 Å². The van der Waals surface area contributed by atoms with E-state index in [1.54, 1.807) is 7.11 Å². The lowest BCUT2D eigenvalue weighted by atomic mass is 10.2.